The highest BCUT2D eigenvalue weighted by atomic mass is 32.1. The topological polar surface area (TPSA) is 62.3 Å². The second kappa shape index (κ2) is 6.50. The molecule has 1 aliphatic heterocycles. The fourth-order valence-electron chi connectivity index (χ4n) is 3.85. The molecule has 1 aliphatic carbocycles. The molecule has 136 valence electrons. The molecule has 0 bridgehead atoms. The van der Waals surface area contributed by atoms with Gasteiger partial charge in [0.25, 0.3) is 0 Å². The number of thiazole rings is 1. The molecular formula is C20H23N3O2S. The van der Waals surface area contributed by atoms with E-state index in [2.05, 4.69) is 23.3 Å². The van der Waals surface area contributed by atoms with Crippen LogP contribution in [0, 0.1) is 12.8 Å². The van der Waals surface area contributed by atoms with Crippen LogP contribution in [0.25, 0.3) is 11.3 Å². The van der Waals surface area contributed by atoms with Gasteiger partial charge in [-0.05, 0) is 50.8 Å². The maximum Gasteiger partial charge on any atom is 0.229 e. The van der Waals surface area contributed by atoms with Crippen LogP contribution in [-0.4, -0.2) is 22.8 Å². The first kappa shape index (κ1) is 17.2. The fraction of sp³-hybridized carbons (Fsp3) is 0.450. The molecule has 4 rings (SSSR count). The molecule has 2 aliphatic rings. The van der Waals surface area contributed by atoms with Crippen molar-refractivity contribution in [3.63, 3.8) is 0 Å². The van der Waals surface area contributed by atoms with Crippen LogP contribution >= 0.6 is 11.3 Å². The highest BCUT2D eigenvalue weighted by molar-refractivity contribution is 7.16. The molecule has 0 saturated heterocycles. The van der Waals surface area contributed by atoms with Crippen LogP contribution in [0.4, 0.5) is 10.8 Å². The molecule has 1 atom stereocenters. The van der Waals surface area contributed by atoms with Crippen molar-refractivity contribution < 1.29 is 9.59 Å². The molecule has 0 unspecified atom stereocenters. The van der Waals surface area contributed by atoms with E-state index in [9.17, 15) is 9.59 Å². The quantitative estimate of drug-likeness (QED) is 0.884. The van der Waals surface area contributed by atoms with Crippen LogP contribution in [0.15, 0.2) is 18.2 Å². The predicted molar refractivity (Wildman–Crippen MR) is 105 cm³/mol. The van der Waals surface area contributed by atoms with Crippen molar-refractivity contribution in [3.05, 3.63) is 28.6 Å². The number of nitrogens with one attached hydrogen (secondary N) is 1. The number of carbonyl (C=O) groups excluding carboxylic acids is 2. The Morgan fingerprint density at radius 2 is 2.08 bits per heavy atom. The Morgan fingerprint density at radius 1 is 1.31 bits per heavy atom. The third-order valence-electron chi connectivity index (χ3n) is 5.41. The van der Waals surface area contributed by atoms with Gasteiger partial charge in [-0.2, -0.15) is 0 Å². The molecule has 1 fully saturated rings. The molecular weight excluding hydrogens is 346 g/mol. The molecule has 1 N–H and O–H groups in total. The van der Waals surface area contributed by atoms with E-state index in [4.69, 9.17) is 0 Å². The maximum atomic E-state index is 12.2. The predicted octanol–water partition coefficient (Wildman–Crippen LogP) is 4.15. The Bertz CT molecular complexity index is 885. The lowest BCUT2D eigenvalue weighted by molar-refractivity contribution is -0.122. The number of hydrogen-bond donors (Lipinski definition) is 1. The summed E-state index contributed by atoms with van der Waals surface area (Å²) in [5, 5.41) is 3.65. The smallest absolute Gasteiger partial charge is 0.229 e. The molecule has 1 saturated carbocycles. The highest BCUT2D eigenvalue weighted by Crippen LogP contribution is 2.38. The van der Waals surface area contributed by atoms with E-state index in [1.807, 2.05) is 24.0 Å². The van der Waals surface area contributed by atoms with Gasteiger partial charge in [0.2, 0.25) is 11.8 Å². The molecule has 2 amide bonds. The van der Waals surface area contributed by atoms with E-state index in [0.717, 1.165) is 47.5 Å². The minimum atomic E-state index is 0.0785. The van der Waals surface area contributed by atoms with E-state index in [-0.39, 0.29) is 23.8 Å². The van der Waals surface area contributed by atoms with E-state index >= 15 is 0 Å². The van der Waals surface area contributed by atoms with Gasteiger partial charge in [-0.1, -0.05) is 12.5 Å². The molecule has 1 aromatic carbocycles. The standard InChI is InChI=1S/C20H23N3O2S/c1-11-9-16-10-15(7-8-17(16)23(11)13(3)24)18-12(2)26-20(21-18)22-19(25)14-5-4-6-14/h7-8,10-11,14H,4-6,9H2,1-3H3,(H,21,22,25)/t11-/m0/s1. The molecule has 5 nitrogen and oxygen atoms in total. The van der Waals surface area contributed by atoms with Crippen molar-refractivity contribution in [2.45, 2.75) is 52.5 Å². The van der Waals surface area contributed by atoms with Crippen molar-refractivity contribution >= 4 is 34.0 Å². The summed E-state index contributed by atoms with van der Waals surface area (Å²) in [6, 6.07) is 6.36. The van der Waals surface area contributed by atoms with Crippen LogP contribution < -0.4 is 10.2 Å². The number of aromatic nitrogens is 1. The van der Waals surface area contributed by atoms with Gasteiger partial charge in [0.15, 0.2) is 5.13 Å². The monoisotopic (exact) mass is 369 g/mol. The Balaban J connectivity index is 1.60. The lowest BCUT2D eigenvalue weighted by Crippen LogP contribution is -2.33. The largest absolute Gasteiger partial charge is 0.309 e. The van der Waals surface area contributed by atoms with Gasteiger partial charge in [0.05, 0.1) is 5.69 Å². The number of benzene rings is 1. The first-order chi connectivity index (χ1) is 12.4. The van der Waals surface area contributed by atoms with E-state index in [1.165, 1.54) is 16.9 Å². The average Bonchev–Trinajstić information content (AvgIpc) is 3.03. The molecule has 2 aromatic rings. The summed E-state index contributed by atoms with van der Waals surface area (Å²) >= 11 is 1.52. The van der Waals surface area contributed by atoms with Gasteiger partial charge in [-0.15, -0.1) is 11.3 Å². The lowest BCUT2D eigenvalue weighted by atomic mass is 9.85. The van der Waals surface area contributed by atoms with Gasteiger partial charge in [0, 0.05) is 35.0 Å². The van der Waals surface area contributed by atoms with Crippen LogP contribution in [0.5, 0.6) is 0 Å². The Kier molecular flexibility index (Phi) is 4.31. The summed E-state index contributed by atoms with van der Waals surface area (Å²) in [6.45, 7) is 5.72. The third kappa shape index (κ3) is 2.92. The Labute approximate surface area is 157 Å². The van der Waals surface area contributed by atoms with Crippen LogP contribution in [0.2, 0.25) is 0 Å². The lowest BCUT2D eigenvalue weighted by Gasteiger charge is -2.23. The number of aryl methyl sites for hydroxylation is 1. The van der Waals surface area contributed by atoms with Crippen LogP contribution in [-0.2, 0) is 16.0 Å². The van der Waals surface area contributed by atoms with Gasteiger partial charge in [-0.3, -0.25) is 9.59 Å². The summed E-state index contributed by atoms with van der Waals surface area (Å²) in [5.41, 5.74) is 4.13. The molecule has 0 spiro atoms. The van der Waals surface area contributed by atoms with Crippen molar-refractivity contribution in [1.82, 2.24) is 4.98 Å². The number of nitrogens with zero attached hydrogens (tertiary/aromatic N) is 2. The van der Waals surface area contributed by atoms with Crippen LogP contribution in [0.1, 0.15) is 43.6 Å². The zero-order valence-corrected chi connectivity index (χ0v) is 16.2. The fourth-order valence-corrected chi connectivity index (χ4v) is 4.69. The molecule has 2 heterocycles. The maximum absolute atomic E-state index is 12.2. The second-order valence-electron chi connectivity index (χ2n) is 7.33. The summed E-state index contributed by atoms with van der Waals surface area (Å²) in [6.07, 6.45) is 3.97. The zero-order chi connectivity index (χ0) is 18.4. The first-order valence-corrected chi connectivity index (χ1v) is 9.97. The van der Waals surface area contributed by atoms with E-state index in [0.29, 0.717) is 5.13 Å². The van der Waals surface area contributed by atoms with Gasteiger partial charge < -0.3 is 10.2 Å². The van der Waals surface area contributed by atoms with E-state index in [1.54, 1.807) is 6.92 Å². The Hall–Kier alpha value is -2.21. The summed E-state index contributed by atoms with van der Waals surface area (Å²) in [5.74, 6) is 0.327. The Morgan fingerprint density at radius 3 is 2.73 bits per heavy atom. The van der Waals surface area contributed by atoms with Crippen molar-refractivity contribution in [3.8, 4) is 11.3 Å². The number of rotatable bonds is 3. The molecule has 6 heteroatoms. The van der Waals surface area contributed by atoms with Crippen LogP contribution in [0.3, 0.4) is 0 Å². The minimum Gasteiger partial charge on any atom is -0.309 e. The van der Waals surface area contributed by atoms with Crippen molar-refractivity contribution in [1.29, 1.82) is 0 Å². The van der Waals surface area contributed by atoms with Crippen molar-refractivity contribution in [2.24, 2.45) is 5.92 Å². The first-order valence-electron chi connectivity index (χ1n) is 9.15. The number of fused-ring (bicyclic) bond motifs is 1. The molecule has 1 aromatic heterocycles. The number of amides is 2. The number of carbonyl (C=O) groups is 2. The zero-order valence-electron chi connectivity index (χ0n) is 15.3. The van der Waals surface area contributed by atoms with Gasteiger partial charge in [-0.25, -0.2) is 4.98 Å². The van der Waals surface area contributed by atoms with Crippen molar-refractivity contribution in [2.75, 3.05) is 10.2 Å². The minimum absolute atomic E-state index is 0.0785. The van der Waals surface area contributed by atoms with Gasteiger partial charge >= 0.3 is 0 Å². The summed E-state index contributed by atoms with van der Waals surface area (Å²) in [7, 11) is 0. The highest BCUT2D eigenvalue weighted by Gasteiger charge is 2.29. The summed E-state index contributed by atoms with van der Waals surface area (Å²) < 4.78 is 0. The van der Waals surface area contributed by atoms with Gasteiger partial charge in [0.1, 0.15) is 0 Å². The molecule has 0 radical (unpaired) electrons. The SMILES string of the molecule is CC(=O)N1c2ccc(-c3nc(NC(=O)C4CCC4)sc3C)cc2C[C@@H]1C. The third-order valence-corrected chi connectivity index (χ3v) is 6.30. The normalized spacial score (nSPS) is 19.2. The second-order valence-corrected chi connectivity index (χ2v) is 8.53. The summed E-state index contributed by atoms with van der Waals surface area (Å²) in [4.78, 5) is 31.7. The van der Waals surface area contributed by atoms with E-state index < -0.39 is 0 Å². The average molecular weight is 369 g/mol. The number of hydrogen-bond acceptors (Lipinski definition) is 4. The molecule has 26 heavy (non-hydrogen) atoms. The number of anilines is 2.